The molecule has 0 spiro atoms. The molecule has 0 aromatic heterocycles. The number of carbonyl (C=O) groups is 3. The number of aliphatic carboxylic acids is 1. The number of rotatable bonds is 8. The van der Waals surface area contributed by atoms with Crippen molar-refractivity contribution in [2.75, 3.05) is 13.2 Å². The lowest BCUT2D eigenvalue weighted by Gasteiger charge is -2.21. The van der Waals surface area contributed by atoms with Gasteiger partial charge in [0.25, 0.3) is 0 Å². The zero-order valence-electron chi connectivity index (χ0n) is 11.4. The Morgan fingerprint density at radius 3 is 1.80 bits per heavy atom. The van der Waals surface area contributed by atoms with E-state index in [0.29, 0.717) is 0 Å². The molecule has 0 aliphatic rings. The van der Waals surface area contributed by atoms with Crippen molar-refractivity contribution in [2.24, 2.45) is 11.7 Å². The number of carboxylic acid groups (broad SMARTS) is 1. The first kappa shape index (κ1) is 18.3. The molecule has 0 saturated carbocycles. The lowest BCUT2D eigenvalue weighted by Crippen LogP contribution is -2.57. The van der Waals surface area contributed by atoms with Gasteiger partial charge in [-0.25, -0.2) is 4.79 Å². The number of nitrogens with one attached hydrogen (secondary N) is 2. The molecule has 3 atom stereocenters. The van der Waals surface area contributed by atoms with Gasteiger partial charge in [0.1, 0.15) is 12.1 Å². The van der Waals surface area contributed by atoms with Gasteiger partial charge in [-0.2, -0.15) is 0 Å². The minimum absolute atomic E-state index is 0.165. The van der Waals surface area contributed by atoms with Crippen molar-refractivity contribution in [2.45, 2.75) is 32.0 Å². The van der Waals surface area contributed by atoms with Crippen LogP contribution in [0.4, 0.5) is 0 Å². The predicted octanol–water partition coefficient (Wildman–Crippen LogP) is -2.99. The van der Waals surface area contributed by atoms with Gasteiger partial charge in [0.15, 0.2) is 0 Å². The highest BCUT2D eigenvalue weighted by Gasteiger charge is 2.27. The van der Waals surface area contributed by atoms with Gasteiger partial charge in [-0.3, -0.25) is 9.59 Å². The van der Waals surface area contributed by atoms with Crippen LogP contribution in [0.3, 0.4) is 0 Å². The van der Waals surface area contributed by atoms with E-state index in [1.54, 1.807) is 13.8 Å². The second-order valence-electron chi connectivity index (χ2n) is 4.60. The number of aliphatic hydroxyl groups excluding tert-OH is 2. The first-order valence-electron chi connectivity index (χ1n) is 6.05. The molecule has 0 aliphatic heterocycles. The number of carbonyl (C=O) groups excluding carboxylic acids is 2. The van der Waals surface area contributed by atoms with Crippen LogP contribution in [-0.2, 0) is 14.4 Å². The minimum atomic E-state index is -1.51. The normalized spacial score (nSPS) is 15.3. The van der Waals surface area contributed by atoms with Crippen molar-refractivity contribution in [3.63, 3.8) is 0 Å². The molecule has 116 valence electrons. The van der Waals surface area contributed by atoms with Gasteiger partial charge in [-0.05, 0) is 5.92 Å². The quantitative estimate of drug-likeness (QED) is 0.278. The lowest BCUT2D eigenvalue weighted by atomic mass is 10.0. The van der Waals surface area contributed by atoms with Crippen LogP contribution in [0.2, 0.25) is 0 Å². The van der Waals surface area contributed by atoms with E-state index in [1.165, 1.54) is 0 Å². The summed E-state index contributed by atoms with van der Waals surface area (Å²) < 4.78 is 0. The molecule has 0 saturated heterocycles. The molecule has 0 heterocycles. The van der Waals surface area contributed by atoms with Crippen molar-refractivity contribution < 1.29 is 29.7 Å². The Morgan fingerprint density at radius 1 is 1.00 bits per heavy atom. The number of hydrogen-bond donors (Lipinski definition) is 6. The summed E-state index contributed by atoms with van der Waals surface area (Å²) in [6.45, 7) is 1.90. The van der Waals surface area contributed by atoms with E-state index in [2.05, 4.69) is 5.32 Å². The summed E-state index contributed by atoms with van der Waals surface area (Å²) in [6.07, 6.45) is 0. The highest BCUT2D eigenvalue weighted by molar-refractivity contribution is 5.91. The summed E-state index contributed by atoms with van der Waals surface area (Å²) in [5, 5.41) is 30.7. The Labute approximate surface area is 116 Å². The van der Waals surface area contributed by atoms with Gasteiger partial charge >= 0.3 is 5.97 Å². The third-order valence-corrected chi connectivity index (χ3v) is 2.63. The van der Waals surface area contributed by atoms with Crippen LogP contribution < -0.4 is 16.4 Å². The topological polar surface area (TPSA) is 162 Å². The molecule has 0 bridgehead atoms. The number of carboxylic acids is 1. The molecule has 0 fully saturated rings. The number of aliphatic hydroxyl groups is 2. The maximum Gasteiger partial charge on any atom is 0.328 e. The van der Waals surface area contributed by atoms with Crippen molar-refractivity contribution in [1.29, 1.82) is 0 Å². The SMILES string of the molecule is CC(C)[C@@H](N)C(=O)N[C@@H](CO)C(=O)N[C@@H](CO)C(=O)O. The fourth-order valence-corrected chi connectivity index (χ4v) is 1.22. The van der Waals surface area contributed by atoms with Crippen molar-refractivity contribution >= 4 is 17.8 Å². The van der Waals surface area contributed by atoms with Gasteiger partial charge in [-0.15, -0.1) is 0 Å². The third kappa shape index (κ3) is 5.51. The average molecular weight is 291 g/mol. The van der Waals surface area contributed by atoms with Gasteiger partial charge in [-0.1, -0.05) is 13.8 Å². The highest BCUT2D eigenvalue weighted by Crippen LogP contribution is 1.99. The van der Waals surface area contributed by atoms with E-state index in [-0.39, 0.29) is 5.92 Å². The van der Waals surface area contributed by atoms with Crippen LogP contribution in [-0.4, -0.2) is 64.4 Å². The third-order valence-electron chi connectivity index (χ3n) is 2.63. The Morgan fingerprint density at radius 2 is 1.45 bits per heavy atom. The van der Waals surface area contributed by atoms with E-state index in [0.717, 1.165) is 0 Å². The summed E-state index contributed by atoms with van der Waals surface area (Å²) in [4.78, 5) is 34.0. The standard InChI is InChI=1S/C11H21N3O6/c1-5(2)8(12)10(18)13-6(3-15)9(17)14-7(4-16)11(19)20/h5-8,15-16H,3-4,12H2,1-2H3,(H,13,18)(H,14,17)(H,19,20)/t6-,7-,8+/m0/s1. The van der Waals surface area contributed by atoms with Crippen molar-refractivity contribution in [3.05, 3.63) is 0 Å². The summed E-state index contributed by atoms with van der Waals surface area (Å²) in [6, 6.07) is -3.70. The molecule has 7 N–H and O–H groups in total. The molecule has 0 unspecified atom stereocenters. The molecule has 0 aromatic carbocycles. The van der Waals surface area contributed by atoms with Crippen molar-refractivity contribution in [1.82, 2.24) is 10.6 Å². The molecule has 0 aliphatic carbocycles. The Hall–Kier alpha value is -1.71. The highest BCUT2D eigenvalue weighted by atomic mass is 16.4. The zero-order valence-corrected chi connectivity index (χ0v) is 11.4. The molecule has 9 heteroatoms. The molecule has 2 amide bonds. The summed E-state index contributed by atoms with van der Waals surface area (Å²) in [5.41, 5.74) is 5.58. The maximum atomic E-state index is 11.7. The number of amides is 2. The first-order valence-corrected chi connectivity index (χ1v) is 6.05. The van der Waals surface area contributed by atoms with Crippen molar-refractivity contribution in [3.8, 4) is 0 Å². The maximum absolute atomic E-state index is 11.7. The fraction of sp³-hybridized carbons (Fsp3) is 0.727. The van der Waals surface area contributed by atoms with E-state index in [9.17, 15) is 14.4 Å². The largest absolute Gasteiger partial charge is 0.480 e. The molecule has 0 rings (SSSR count). The molecule has 20 heavy (non-hydrogen) atoms. The number of hydrogen-bond acceptors (Lipinski definition) is 6. The fourth-order valence-electron chi connectivity index (χ4n) is 1.22. The molecule has 0 radical (unpaired) electrons. The van der Waals surface area contributed by atoms with Gasteiger partial charge < -0.3 is 31.7 Å². The van der Waals surface area contributed by atoms with Gasteiger partial charge in [0, 0.05) is 0 Å². The first-order chi connectivity index (χ1) is 9.24. The average Bonchev–Trinajstić information content (AvgIpc) is 2.39. The summed E-state index contributed by atoms with van der Waals surface area (Å²) in [5.74, 6) is -3.15. The zero-order chi connectivity index (χ0) is 15.9. The van der Waals surface area contributed by atoms with E-state index in [1.807, 2.05) is 5.32 Å². The van der Waals surface area contributed by atoms with E-state index in [4.69, 9.17) is 21.1 Å². The molecular formula is C11H21N3O6. The Balaban J connectivity index is 4.64. The number of nitrogens with two attached hydrogens (primary N) is 1. The van der Waals surface area contributed by atoms with E-state index >= 15 is 0 Å². The molecular weight excluding hydrogens is 270 g/mol. The Kier molecular flexibility index (Phi) is 7.74. The second kappa shape index (κ2) is 8.46. The Bertz CT molecular complexity index is 360. The van der Waals surface area contributed by atoms with Crippen LogP contribution >= 0.6 is 0 Å². The van der Waals surface area contributed by atoms with Crippen LogP contribution in [0, 0.1) is 5.92 Å². The van der Waals surface area contributed by atoms with Gasteiger partial charge in [0.2, 0.25) is 11.8 Å². The van der Waals surface area contributed by atoms with Crippen LogP contribution in [0.15, 0.2) is 0 Å². The summed E-state index contributed by atoms with van der Waals surface area (Å²) in [7, 11) is 0. The van der Waals surface area contributed by atoms with Crippen LogP contribution in [0.5, 0.6) is 0 Å². The second-order valence-corrected chi connectivity index (χ2v) is 4.60. The predicted molar refractivity (Wildman–Crippen MR) is 68.5 cm³/mol. The van der Waals surface area contributed by atoms with Crippen LogP contribution in [0.25, 0.3) is 0 Å². The van der Waals surface area contributed by atoms with Crippen LogP contribution in [0.1, 0.15) is 13.8 Å². The lowest BCUT2D eigenvalue weighted by molar-refractivity contribution is -0.143. The minimum Gasteiger partial charge on any atom is -0.480 e. The smallest absolute Gasteiger partial charge is 0.328 e. The summed E-state index contributed by atoms with van der Waals surface area (Å²) >= 11 is 0. The molecule has 0 aromatic rings. The van der Waals surface area contributed by atoms with E-state index < -0.39 is 49.1 Å². The van der Waals surface area contributed by atoms with Gasteiger partial charge in [0.05, 0.1) is 19.3 Å². The molecule has 9 nitrogen and oxygen atoms in total. The monoisotopic (exact) mass is 291 g/mol.